The Bertz CT molecular complexity index is 1390. The highest BCUT2D eigenvalue weighted by atomic mass is 19.4. The number of nitriles is 1. The van der Waals surface area contributed by atoms with Gasteiger partial charge >= 0.3 is 12.2 Å². The topological polar surface area (TPSA) is 79.7 Å². The van der Waals surface area contributed by atoms with Crippen LogP contribution in [0.2, 0.25) is 0 Å². The molecular formula is C33H38F3N5O2. The molecular weight excluding hydrogens is 555 g/mol. The van der Waals surface area contributed by atoms with Gasteiger partial charge in [0.2, 0.25) is 0 Å². The van der Waals surface area contributed by atoms with Crippen molar-refractivity contribution in [2.75, 3.05) is 38.1 Å². The first kappa shape index (κ1) is 30.6. The van der Waals surface area contributed by atoms with E-state index in [-0.39, 0.29) is 18.1 Å². The molecule has 5 rings (SSSR count). The number of carbonyl (C=O) groups is 2. The molecule has 1 saturated carbocycles. The predicted molar refractivity (Wildman–Crippen MR) is 158 cm³/mol. The summed E-state index contributed by atoms with van der Waals surface area (Å²) in [6.45, 7) is 2.40. The summed E-state index contributed by atoms with van der Waals surface area (Å²) in [6, 6.07) is 11.9. The molecule has 1 fully saturated rings. The number of amides is 3. The van der Waals surface area contributed by atoms with E-state index >= 15 is 0 Å². The lowest BCUT2D eigenvalue weighted by molar-refractivity contribution is -0.137. The van der Waals surface area contributed by atoms with Crippen LogP contribution in [0.5, 0.6) is 0 Å². The lowest BCUT2D eigenvalue weighted by Gasteiger charge is -2.34. The second-order valence-corrected chi connectivity index (χ2v) is 11.9. The van der Waals surface area contributed by atoms with E-state index in [0.717, 1.165) is 44.0 Å². The Labute approximate surface area is 250 Å². The van der Waals surface area contributed by atoms with E-state index in [2.05, 4.69) is 23.3 Å². The number of nitrogens with one attached hydrogen (secondary N) is 1. The molecule has 7 nitrogen and oxygen atoms in total. The van der Waals surface area contributed by atoms with Crippen LogP contribution in [0.25, 0.3) is 0 Å². The van der Waals surface area contributed by atoms with Crippen LogP contribution >= 0.6 is 0 Å². The molecule has 0 radical (unpaired) electrons. The normalized spacial score (nSPS) is 19.6. The number of nitrogens with zero attached hydrogens (tertiary/aromatic N) is 4. The minimum atomic E-state index is -4.58. The maximum Gasteiger partial charge on any atom is 0.416 e. The van der Waals surface area contributed by atoms with Gasteiger partial charge in [-0.05, 0) is 81.2 Å². The van der Waals surface area contributed by atoms with Gasteiger partial charge in [0.15, 0.2) is 0 Å². The van der Waals surface area contributed by atoms with Crippen LogP contribution in [0.15, 0.2) is 59.8 Å². The molecule has 0 spiro atoms. The molecule has 1 atom stereocenters. The summed E-state index contributed by atoms with van der Waals surface area (Å²) in [5, 5.41) is 12.0. The fraction of sp³-hybridized carbons (Fsp3) is 0.485. The Balaban J connectivity index is 1.31. The third-order valence-corrected chi connectivity index (χ3v) is 8.85. The summed E-state index contributed by atoms with van der Waals surface area (Å²) in [6.07, 6.45) is 5.32. The first-order valence-corrected chi connectivity index (χ1v) is 15.1. The van der Waals surface area contributed by atoms with Gasteiger partial charge < -0.3 is 15.1 Å². The molecule has 10 heteroatoms. The Morgan fingerprint density at radius 1 is 1.02 bits per heavy atom. The van der Waals surface area contributed by atoms with Gasteiger partial charge in [0.25, 0.3) is 5.91 Å². The molecule has 0 saturated heterocycles. The van der Waals surface area contributed by atoms with Crippen LogP contribution in [0.3, 0.4) is 0 Å². The van der Waals surface area contributed by atoms with Gasteiger partial charge in [0, 0.05) is 6.54 Å². The zero-order valence-corrected chi connectivity index (χ0v) is 24.5. The van der Waals surface area contributed by atoms with Gasteiger partial charge in [-0.2, -0.15) is 18.4 Å². The molecule has 3 aliphatic rings. The first-order valence-electron chi connectivity index (χ1n) is 15.1. The lowest BCUT2D eigenvalue weighted by atomic mass is 9.86. The molecule has 1 N–H and O–H groups in total. The van der Waals surface area contributed by atoms with Gasteiger partial charge in [-0.25, -0.2) is 4.79 Å². The summed E-state index contributed by atoms with van der Waals surface area (Å²) >= 11 is 0. The zero-order chi connectivity index (χ0) is 30.6. The maximum absolute atomic E-state index is 13.8. The van der Waals surface area contributed by atoms with E-state index in [4.69, 9.17) is 0 Å². The van der Waals surface area contributed by atoms with Gasteiger partial charge in [-0.1, -0.05) is 50.3 Å². The Kier molecular flexibility index (Phi) is 9.40. The molecule has 1 aliphatic carbocycles. The third kappa shape index (κ3) is 7.04. The number of anilines is 1. The second-order valence-electron chi connectivity index (χ2n) is 11.9. The summed E-state index contributed by atoms with van der Waals surface area (Å²) in [4.78, 5) is 32.4. The SMILES string of the molecule is CN(CCCC1CCCCC1)CCCN1CC2=C(C1=O)[C@@H](c1ccc(C#N)cc1)NC(=O)N2c1cccc(C(F)(F)F)c1. The average Bonchev–Trinajstić information content (AvgIpc) is 3.32. The van der Waals surface area contributed by atoms with Crippen LogP contribution in [-0.4, -0.2) is 55.0 Å². The van der Waals surface area contributed by atoms with Crippen molar-refractivity contribution in [1.29, 1.82) is 5.26 Å². The molecule has 2 aromatic rings. The number of benzene rings is 2. The van der Waals surface area contributed by atoms with Crippen molar-refractivity contribution >= 4 is 17.6 Å². The number of rotatable bonds is 10. The maximum atomic E-state index is 13.8. The number of hydrogen-bond donors (Lipinski definition) is 1. The smallest absolute Gasteiger partial charge is 0.333 e. The minimum Gasteiger partial charge on any atom is -0.333 e. The molecule has 3 amide bonds. The van der Waals surface area contributed by atoms with Crippen molar-refractivity contribution in [3.8, 4) is 6.07 Å². The van der Waals surface area contributed by atoms with E-state index in [1.165, 1.54) is 55.6 Å². The van der Waals surface area contributed by atoms with Gasteiger partial charge in [-0.15, -0.1) is 0 Å². The molecule has 2 aliphatic heterocycles. The van der Waals surface area contributed by atoms with Gasteiger partial charge in [0.1, 0.15) is 0 Å². The zero-order valence-electron chi connectivity index (χ0n) is 24.5. The monoisotopic (exact) mass is 593 g/mol. The Morgan fingerprint density at radius 3 is 2.44 bits per heavy atom. The van der Waals surface area contributed by atoms with Gasteiger partial charge in [-0.3, -0.25) is 9.69 Å². The number of hydrogen-bond acceptors (Lipinski definition) is 4. The van der Waals surface area contributed by atoms with Gasteiger partial charge in [0.05, 0.1) is 46.7 Å². The fourth-order valence-corrected chi connectivity index (χ4v) is 6.54. The van der Waals surface area contributed by atoms with Crippen molar-refractivity contribution in [3.05, 3.63) is 76.5 Å². The Hall–Kier alpha value is -3.84. The molecule has 0 unspecified atom stereocenters. The highest BCUT2D eigenvalue weighted by molar-refractivity contribution is 6.07. The lowest BCUT2D eigenvalue weighted by Crippen LogP contribution is -2.47. The number of carbonyl (C=O) groups excluding carboxylic acids is 2. The van der Waals surface area contributed by atoms with E-state index < -0.39 is 23.8 Å². The number of alkyl halides is 3. The number of urea groups is 1. The van der Waals surface area contributed by atoms with Crippen molar-refractivity contribution in [2.45, 2.75) is 63.6 Å². The predicted octanol–water partition coefficient (Wildman–Crippen LogP) is 6.63. The van der Waals surface area contributed by atoms with E-state index in [0.29, 0.717) is 28.9 Å². The Morgan fingerprint density at radius 2 is 1.74 bits per heavy atom. The van der Waals surface area contributed by atoms with E-state index in [1.807, 2.05) is 0 Å². The molecule has 0 aromatic heterocycles. The summed E-state index contributed by atoms with van der Waals surface area (Å²) < 4.78 is 40.6. The minimum absolute atomic E-state index is 0.0467. The average molecular weight is 594 g/mol. The van der Waals surface area contributed by atoms with Crippen LogP contribution in [0.4, 0.5) is 23.7 Å². The fourth-order valence-electron chi connectivity index (χ4n) is 6.54. The van der Waals surface area contributed by atoms with Crippen molar-refractivity contribution in [3.63, 3.8) is 0 Å². The highest BCUT2D eigenvalue weighted by Crippen LogP contribution is 2.40. The van der Waals surface area contributed by atoms with Crippen LogP contribution in [0, 0.1) is 17.2 Å². The highest BCUT2D eigenvalue weighted by Gasteiger charge is 2.45. The third-order valence-electron chi connectivity index (χ3n) is 8.85. The standard InChI is InChI=1S/C33H38F3N5O2/c1-39(17-6-10-23-8-3-2-4-9-23)18-7-19-40-22-28-29(31(40)42)30(25-15-13-24(21-37)14-16-25)38-32(43)41(28)27-12-5-11-26(20-27)33(34,35)36/h5,11-16,20,23,30H,2-4,6-10,17-19,22H2,1H3,(H,38,43)/t30-/m1/s1. The summed E-state index contributed by atoms with van der Waals surface area (Å²) in [5.74, 6) is 0.600. The number of halogens is 3. The van der Waals surface area contributed by atoms with Crippen LogP contribution in [-0.2, 0) is 11.0 Å². The van der Waals surface area contributed by atoms with E-state index in [9.17, 15) is 28.0 Å². The van der Waals surface area contributed by atoms with Crippen molar-refractivity contribution < 1.29 is 22.8 Å². The largest absolute Gasteiger partial charge is 0.416 e. The molecule has 2 aromatic carbocycles. The van der Waals surface area contributed by atoms with Crippen molar-refractivity contribution in [2.24, 2.45) is 5.92 Å². The van der Waals surface area contributed by atoms with Crippen LogP contribution in [0.1, 0.15) is 74.1 Å². The molecule has 43 heavy (non-hydrogen) atoms. The molecule has 2 heterocycles. The van der Waals surface area contributed by atoms with E-state index in [1.54, 1.807) is 29.2 Å². The first-order chi connectivity index (χ1) is 20.7. The summed E-state index contributed by atoms with van der Waals surface area (Å²) in [7, 11) is 2.09. The second kappa shape index (κ2) is 13.2. The molecule has 0 bridgehead atoms. The quantitative estimate of drug-likeness (QED) is 0.336. The van der Waals surface area contributed by atoms with Crippen LogP contribution < -0.4 is 10.2 Å². The molecule has 228 valence electrons. The van der Waals surface area contributed by atoms with Crippen molar-refractivity contribution in [1.82, 2.24) is 15.1 Å². The summed E-state index contributed by atoms with van der Waals surface area (Å²) in [5.41, 5.74) is 0.947.